The van der Waals surface area contributed by atoms with Crippen LogP contribution < -0.4 is 9.84 Å². The molecule has 3 rings (SSSR count). The van der Waals surface area contributed by atoms with Gasteiger partial charge in [0.25, 0.3) is 0 Å². The predicted octanol–water partition coefficient (Wildman–Crippen LogP) is 1.76. The monoisotopic (exact) mass is 443 g/mol. The minimum Gasteiger partial charge on any atom is -0.828 e. The van der Waals surface area contributed by atoms with E-state index in [4.69, 9.17) is 14.6 Å². The highest BCUT2D eigenvalue weighted by Gasteiger charge is 2.45. The third kappa shape index (κ3) is 4.94. The van der Waals surface area contributed by atoms with E-state index in [1.807, 2.05) is 31.2 Å². The second kappa shape index (κ2) is 10.1. The molecule has 1 saturated heterocycles. The minimum absolute atomic E-state index is 0.203. The second-order valence-corrected chi connectivity index (χ2v) is 7.56. The summed E-state index contributed by atoms with van der Waals surface area (Å²) < 4.78 is 10.3. The van der Waals surface area contributed by atoms with E-state index in [0.29, 0.717) is 0 Å². The van der Waals surface area contributed by atoms with E-state index in [9.17, 15) is 25.2 Å². The van der Waals surface area contributed by atoms with Crippen LogP contribution in [0.15, 0.2) is 48.5 Å². The quantitative estimate of drug-likeness (QED) is 0.475. The Morgan fingerprint density at radius 1 is 0.938 bits per heavy atom. The van der Waals surface area contributed by atoms with E-state index in [1.54, 1.807) is 24.3 Å². The first kappa shape index (κ1) is 23.7. The van der Waals surface area contributed by atoms with Gasteiger partial charge in [-0.15, -0.1) is 0 Å². The molecule has 0 radical (unpaired) electrons. The summed E-state index contributed by atoms with van der Waals surface area (Å²) in [6.45, 7) is 4.11. The highest BCUT2D eigenvalue weighted by molar-refractivity contribution is 5.90. The van der Waals surface area contributed by atoms with Gasteiger partial charge in [-0.1, -0.05) is 38.1 Å². The lowest BCUT2D eigenvalue weighted by Gasteiger charge is -2.44. The number of rotatable bonds is 7. The SMILES string of the molecule is CC/C(=C(/CC)c1ccc(O[C@@H]2[C@@H](O)[C@H](O)[C@@H](C(=O)O)O[C@H]2[O-])cc1)c1ccc(O)cc1. The number of aliphatic hydroxyl groups excluding tert-OH is 2. The summed E-state index contributed by atoms with van der Waals surface area (Å²) in [7, 11) is 0. The number of phenols is 1. The average molecular weight is 443 g/mol. The molecule has 0 bridgehead atoms. The molecule has 4 N–H and O–H groups in total. The summed E-state index contributed by atoms with van der Waals surface area (Å²) >= 11 is 0. The molecule has 1 heterocycles. The zero-order valence-electron chi connectivity index (χ0n) is 17.8. The summed E-state index contributed by atoms with van der Waals surface area (Å²) in [6.07, 6.45) is -7.17. The van der Waals surface area contributed by atoms with Gasteiger partial charge in [0.05, 0.1) is 0 Å². The van der Waals surface area contributed by atoms with Crippen LogP contribution in [-0.4, -0.2) is 57.1 Å². The predicted molar refractivity (Wildman–Crippen MR) is 115 cm³/mol. The molecule has 0 aliphatic carbocycles. The van der Waals surface area contributed by atoms with E-state index in [1.165, 1.54) is 0 Å². The van der Waals surface area contributed by atoms with Crippen molar-refractivity contribution < 1.29 is 39.8 Å². The van der Waals surface area contributed by atoms with Gasteiger partial charge in [0.15, 0.2) is 6.10 Å². The summed E-state index contributed by atoms with van der Waals surface area (Å²) in [5.74, 6) is -1.05. The average Bonchev–Trinajstić information content (AvgIpc) is 2.78. The Balaban J connectivity index is 1.82. The number of aliphatic hydroxyl groups is 2. The highest BCUT2D eigenvalue weighted by Crippen LogP contribution is 2.33. The van der Waals surface area contributed by atoms with Crippen LogP contribution in [0.5, 0.6) is 11.5 Å². The number of aliphatic carboxylic acids is 1. The van der Waals surface area contributed by atoms with Crippen LogP contribution in [0.2, 0.25) is 0 Å². The number of ether oxygens (including phenoxy) is 2. The Hall–Kier alpha value is -2.91. The first-order chi connectivity index (χ1) is 15.3. The molecular weight excluding hydrogens is 416 g/mol. The number of carboxylic acid groups (broad SMARTS) is 1. The maximum atomic E-state index is 12.2. The molecule has 1 fully saturated rings. The lowest BCUT2D eigenvalue weighted by molar-refractivity contribution is -0.527. The Labute approximate surface area is 186 Å². The molecule has 0 amide bonds. The van der Waals surface area contributed by atoms with Gasteiger partial charge in [-0.25, -0.2) is 4.79 Å². The van der Waals surface area contributed by atoms with Crippen molar-refractivity contribution in [2.45, 2.75) is 57.4 Å². The molecule has 8 heteroatoms. The Morgan fingerprint density at radius 2 is 1.44 bits per heavy atom. The molecule has 32 heavy (non-hydrogen) atoms. The molecule has 0 spiro atoms. The maximum absolute atomic E-state index is 12.2. The summed E-state index contributed by atoms with van der Waals surface area (Å²) in [5.41, 5.74) is 4.22. The molecule has 2 aromatic rings. The molecule has 0 unspecified atom stereocenters. The maximum Gasteiger partial charge on any atom is 0.335 e. The van der Waals surface area contributed by atoms with Gasteiger partial charge in [-0.2, -0.15) is 0 Å². The molecule has 1 aliphatic rings. The summed E-state index contributed by atoms with van der Waals surface area (Å²) in [5, 5.41) is 50.8. The number of benzene rings is 2. The van der Waals surface area contributed by atoms with Gasteiger partial charge in [0.2, 0.25) is 0 Å². The lowest BCUT2D eigenvalue weighted by Crippen LogP contribution is -2.65. The number of aromatic hydroxyl groups is 1. The Morgan fingerprint density at radius 3 is 1.91 bits per heavy atom. The van der Waals surface area contributed by atoms with Gasteiger partial charge in [0.1, 0.15) is 29.8 Å². The zero-order valence-corrected chi connectivity index (χ0v) is 17.8. The molecule has 0 aromatic heterocycles. The van der Waals surface area contributed by atoms with Gasteiger partial charge >= 0.3 is 5.97 Å². The van der Waals surface area contributed by atoms with Crippen molar-refractivity contribution in [3.63, 3.8) is 0 Å². The van der Waals surface area contributed by atoms with Crippen LogP contribution in [0.3, 0.4) is 0 Å². The smallest absolute Gasteiger partial charge is 0.335 e. The fraction of sp³-hybridized carbons (Fsp3) is 0.375. The van der Waals surface area contributed by atoms with E-state index in [2.05, 4.69) is 6.92 Å². The Kier molecular flexibility index (Phi) is 7.52. The molecular formula is C24H27O8-. The number of carboxylic acids is 1. The van der Waals surface area contributed by atoms with Gasteiger partial charge in [-0.05, 0) is 59.4 Å². The highest BCUT2D eigenvalue weighted by atomic mass is 16.7. The summed E-state index contributed by atoms with van der Waals surface area (Å²) in [6, 6.07) is 14.0. The first-order valence-corrected chi connectivity index (χ1v) is 10.5. The number of allylic oxidation sites excluding steroid dienone is 2. The van der Waals surface area contributed by atoms with Crippen LogP contribution in [0, 0.1) is 0 Å². The zero-order chi connectivity index (χ0) is 23.4. The normalized spacial score (nSPS) is 26.3. The van der Waals surface area contributed by atoms with E-state index < -0.39 is 36.7 Å². The number of hydrogen-bond acceptors (Lipinski definition) is 7. The van der Waals surface area contributed by atoms with Crippen molar-refractivity contribution in [1.82, 2.24) is 0 Å². The van der Waals surface area contributed by atoms with Crippen molar-refractivity contribution in [3.8, 4) is 11.5 Å². The van der Waals surface area contributed by atoms with Crippen molar-refractivity contribution in [2.75, 3.05) is 0 Å². The first-order valence-electron chi connectivity index (χ1n) is 10.5. The van der Waals surface area contributed by atoms with Crippen LogP contribution in [-0.2, 0) is 9.53 Å². The van der Waals surface area contributed by atoms with Crippen molar-refractivity contribution in [1.29, 1.82) is 0 Å². The van der Waals surface area contributed by atoms with Gasteiger partial charge in [0, 0.05) is 6.29 Å². The van der Waals surface area contributed by atoms with Gasteiger partial charge < -0.3 is 35.0 Å². The van der Waals surface area contributed by atoms with Gasteiger partial charge in [-0.3, -0.25) is 0 Å². The molecule has 2 aromatic carbocycles. The molecule has 8 nitrogen and oxygen atoms in total. The third-order valence-corrected chi connectivity index (χ3v) is 5.55. The largest absolute Gasteiger partial charge is 0.828 e. The van der Waals surface area contributed by atoms with Crippen LogP contribution in [0.1, 0.15) is 37.8 Å². The molecule has 172 valence electrons. The van der Waals surface area contributed by atoms with Crippen LogP contribution in [0.4, 0.5) is 0 Å². The third-order valence-electron chi connectivity index (χ3n) is 5.55. The number of hydrogen-bond donors (Lipinski definition) is 4. The van der Waals surface area contributed by atoms with E-state index >= 15 is 0 Å². The fourth-order valence-electron chi connectivity index (χ4n) is 3.90. The number of phenolic OH excluding ortho intramolecular Hbond substituents is 1. The van der Waals surface area contributed by atoms with Crippen molar-refractivity contribution in [3.05, 3.63) is 59.7 Å². The molecule has 1 aliphatic heterocycles. The Bertz CT molecular complexity index is 951. The van der Waals surface area contributed by atoms with E-state index in [0.717, 1.165) is 35.1 Å². The fourth-order valence-corrected chi connectivity index (χ4v) is 3.90. The molecule has 5 atom stereocenters. The van der Waals surface area contributed by atoms with Crippen molar-refractivity contribution >= 4 is 17.1 Å². The van der Waals surface area contributed by atoms with E-state index in [-0.39, 0.29) is 11.5 Å². The minimum atomic E-state index is -1.97. The van der Waals surface area contributed by atoms with Crippen molar-refractivity contribution in [2.24, 2.45) is 0 Å². The standard InChI is InChI=1S/C24H27O8/c1-3-17(13-5-9-15(25)10-6-13)18(4-2)14-7-11-16(12-8-14)31-22-20(27)19(26)21(23(28)29)32-24(22)30/h5-12,19-22,24-27H,3-4H2,1-2H3,(H,28,29)/q-1/b18-17+/t19-,20-,21-,22+,24+/m0/s1. The van der Waals surface area contributed by atoms with Crippen LogP contribution in [0.25, 0.3) is 11.1 Å². The topological polar surface area (TPSA) is 140 Å². The summed E-state index contributed by atoms with van der Waals surface area (Å²) in [4.78, 5) is 11.1. The lowest BCUT2D eigenvalue weighted by atomic mass is 9.91. The number of carbonyl (C=O) groups is 1. The molecule has 0 saturated carbocycles. The van der Waals surface area contributed by atoms with Crippen LogP contribution >= 0.6 is 0 Å². The second-order valence-electron chi connectivity index (χ2n) is 7.56.